The molecule has 0 bridgehead atoms. The Morgan fingerprint density at radius 1 is 0.621 bits per heavy atom. The Hall–Kier alpha value is -3.69. The van der Waals surface area contributed by atoms with E-state index in [1.54, 1.807) is 6.07 Å². The molecule has 1 heterocycles. The van der Waals surface area contributed by atoms with E-state index in [0.29, 0.717) is 22.4 Å². The maximum atomic E-state index is 13.5. The van der Waals surface area contributed by atoms with Crippen LogP contribution in [0.4, 0.5) is 5.69 Å². The minimum absolute atomic E-state index is 0.213. The second-order valence-corrected chi connectivity index (χ2v) is 7.11. The van der Waals surface area contributed by atoms with Crippen molar-refractivity contribution in [3.8, 4) is 11.1 Å². The van der Waals surface area contributed by atoms with Crippen molar-refractivity contribution in [3.63, 3.8) is 0 Å². The fraction of sp³-hybridized carbons (Fsp3) is 0.0385. The van der Waals surface area contributed by atoms with E-state index in [0.717, 1.165) is 11.1 Å². The van der Waals surface area contributed by atoms with Crippen LogP contribution >= 0.6 is 0 Å². The second-order valence-electron chi connectivity index (χ2n) is 7.11. The van der Waals surface area contributed by atoms with Gasteiger partial charge in [-0.3, -0.25) is 9.69 Å². The molecule has 3 nitrogen and oxygen atoms in total. The summed E-state index contributed by atoms with van der Waals surface area (Å²) in [5, 5.41) is 12.1. The van der Waals surface area contributed by atoms with Crippen molar-refractivity contribution in [2.75, 3.05) is 4.90 Å². The Labute approximate surface area is 169 Å². The van der Waals surface area contributed by atoms with Crippen LogP contribution in [0.2, 0.25) is 0 Å². The van der Waals surface area contributed by atoms with Crippen molar-refractivity contribution in [2.45, 2.75) is 5.72 Å². The van der Waals surface area contributed by atoms with Crippen molar-refractivity contribution < 1.29 is 9.90 Å². The number of para-hydroxylation sites is 1. The molecular formula is C26H19NO2. The van der Waals surface area contributed by atoms with Gasteiger partial charge in [-0.15, -0.1) is 0 Å². The van der Waals surface area contributed by atoms with Gasteiger partial charge < -0.3 is 5.11 Å². The van der Waals surface area contributed by atoms with Crippen LogP contribution in [-0.2, 0) is 5.72 Å². The Kier molecular flexibility index (Phi) is 4.04. The first-order valence-corrected chi connectivity index (χ1v) is 9.57. The lowest BCUT2D eigenvalue weighted by molar-refractivity contribution is 0.0704. The van der Waals surface area contributed by atoms with Gasteiger partial charge in [0.25, 0.3) is 5.91 Å². The zero-order chi connectivity index (χ0) is 19.8. The minimum Gasteiger partial charge on any atom is -0.363 e. The molecule has 1 N–H and O–H groups in total. The number of rotatable bonds is 3. The van der Waals surface area contributed by atoms with Crippen molar-refractivity contribution in [3.05, 3.63) is 126 Å². The van der Waals surface area contributed by atoms with Crippen LogP contribution in [0, 0.1) is 0 Å². The smallest absolute Gasteiger partial charge is 0.261 e. The molecule has 4 aromatic rings. The first-order chi connectivity index (χ1) is 14.2. The number of aliphatic hydroxyl groups is 1. The first-order valence-electron chi connectivity index (χ1n) is 9.57. The molecule has 0 fully saturated rings. The standard InChI is InChI=1S/C26H19NO2/c28-25-22-16-7-9-17-23(22)26(29,20-13-5-2-6-14-20)27(25)24-18-10-8-15-21(24)19-11-3-1-4-12-19/h1-18,29H. The molecule has 1 unspecified atom stereocenters. The zero-order valence-corrected chi connectivity index (χ0v) is 15.7. The summed E-state index contributed by atoms with van der Waals surface area (Å²) in [7, 11) is 0. The lowest BCUT2D eigenvalue weighted by Gasteiger charge is -2.36. The van der Waals surface area contributed by atoms with Gasteiger partial charge in [-0.2, -0.15) is 0 Å². The zero-order valence-electron chi connectivity index (χ0n) is 15.7. The summed E-state index contributed by atoms with van der Waals surface area (Å²) in [5.74, 6) is -0.213. The molecule has 1 aliphatic heterocycles. The molecule has 29 heavy (non-hydrogen) atoms. The number of carbonyl (C=O) groups is 1. The van der Waals surface area contributed by atoms with E-state index in [9.17, 15) is 9.90 Å². The molecule has 4 aromatic carbocycles. The fourth-order valence-electron chi connectivity index (χ4n) is 4.13. The maximum Gasteiger partial charge on any atom is 0.261 e. The van der Waals surface area contributed by atoms with Gasteiger partial charge in [-0.1, -0.05) is 97.1 Å². The van der Waals surface area contributed by atoms with Crippen LogP contribution < -0.4 is 4.90 Å². The predicted molar refractivity (Wildman–Crippen MR) is 115 cm³/mol. The molecule has 1 atom stereocenters. The monoisotopic (exact) mass is 377 g/mol. The Balaban J connectivity index is 1.79. The summed E-state index contributed by atoms with van der Waals surface area (Å²) < 4.78 is 0. The van der Waals surface area contributed by atoms with Gasteiger partial charge in [-0.25, -0.2) is 0 Å². The van der Waals surface area contributed by atoms with E-state index in [2.05, 4.69) is 0 Å². The molecule has 0 radical (unpaired) electrons. The first kappa shape index (κ1) is 17.4. The molecule has 0 saturated carbocycles. The van der Waals surface area contributed by atoms with E-state index < -0.39 is 5.72 Å². The topological polar surface area (TPSA) is 40.5 Å². The summed E-state index contributed by atoms with van der Waals surface area (Å²) in [6, 6.07) is 34.3. The maximum absolute atomic E-state index is 13.5. The van der Waals surface area contributed by atoms with Crippen LogP contribution in [-0.4, -0.2) is 11.0 Å². The number of carbonyl (C=O) groups excluding carboxylic acids is 1. The van der Waals surface area contributed by atoms with Gasteiger partial charge in [0.05, 0.1) is 5.69 Å². The third-order valence-corrected chi connectivity index (χ3v) is 5.47. The quantitative estimate of drug-likeness (QED) is 0.533. The van der Waals surface area contributed by atoms with Crippen LogP contribution in [0.5, 0.6) is 0 Å². The lowest BCUT2D eigenvalue weighted by atomic mass is 9.93. The second kappa shape index (κ2) is 6.73. The van der Waals surface area contributed by atoms with Crippen molar-refractivity contribution in [1.82, 2.24) is 0 Å². The number of amides is 1. The van der Waals surface area contributed by atoms with E-state index in [1.165, 1.54) is 4.90 Å². The van der Waals surface area contributed by atoms with E-state index in [1.807, 2.05) is 103 Å². The van der Waals surface area contributed by atoms with E-state index in [4.69, 9.17) is 0 Å². The van der Waals surface area contributed by atoms with Crippen LogP contribution in [0.1, 0.15) is 21.5 Å². The third-order valence-electron chi connectivity index (χ3n) is 5.47. The largest absolute Gasteiger partial charge is 0.363 e. The number of fused-ring (bicyclic) bond motifs is 1. The molecule has 0 saturated heterocycles. The highest BCUT2D eigenvalue weighted by molar-refractivity contribution is 6.14. The van der Waals surface area contributed by atoms with Crippen LogP contribution in [0.15, 0.2) is 109 Å². The molecule has 3 heteroatoms. The average molecular weight is 377 g/mol. The van der Waals surface area contributed by atoms with Gasteiger partial charge in [0, 0.05) is 22.3 Å². The third kappa shape index (κ3) is 2.59. The molecule has 1 aliphatic rings. The molecule has 140 valence electrons. The van der Waals surface area contributed by atoms with Gasteiger partial charge in [-0.05, 0) is 17.7 Å². The molecule has 1 amide bonds. The van der Waals surface area contributed by atoms with Crippen molar-refractivity contribution in [2.24, 2.45) is 0 Å². The summed E-state index contributed by atoms with van der Waals surface area (Å²) in [5.41, 5.74) is 2.74. The van der Waals surface area contributed by atoms with Gasteiger partial charge in [0.1, 0.15) is 0 Å². The normalized spacial score (nSPS) is 18.0. The number of hydrogen-bond acceptors (Lipinski definition) is 2. The summed E-state index contributed by atoms with van der Waals surface area (Å²) in [6.07, 6.45) is 0. The van der Waals surface area contributed by atoms with Crippen LogP contribution in [0.3, 0.4) is 0 Å². The van der Waals surface area contributed by atoms with Crippen molar-refractivity contribution >= 4 is 11.6 Å². The average Bonchev–Trinajstić information content (AvgIpc) is 3.03. The predicted octanol–water partition coefficient (Wildman–Crippen LogP) is 5.21. The molecular weight excluding hydrogens is 358 g/mol. The molecule has 0 aliphatic carbocycles. The van der Waals surface area contributed by atoms with E-state index >= 15 is 0 Å². The Morgan fingerprint density at radius 2 is 1.17 bits per heavy atom. The number of benzene rings is 4. The van der Waals surface area contributed by atoms with Crippen molar-refractivity contribution in [1.29, 1.82) is 0 Å². The molecule has 0 spiro atoms. The lowest BCUT2D eigenvalue weighted by Crippen LogP contribution is -2.45. The fourth-order valence-corrected chi connectivity index (χ4v) is 4.13. The number of anilines is 1. The Bertz CT molecular complexity index is 1190. The number of hydrogen-bond donors (Lipinski definition) is 1. The van der Waals surface area contributed by atoms with Gasteiger partial charge >= 0.3 is 0 Å². The highest BCUT2D eigenvalue weighted by Gasteiger charge is 2.51. The summed E-state index contributed by atoms with van der Waals surface area (Å²) in [4.78, 5) is 15.1. The van der Waals surface area contributed by atoms with Gasteiger partial charge in [0.15, 0.2) is 5.72 Å². The molecule has 0 aromatic heterocycles. The molecule has 5 rings (SSSR count). The summed E-state index contributed by atoms with van der Waals surface area (Å²) in [6.45, 7) is 0. The highest BCUT2D eigenvalue weighted by Crippen LogP contribution is 2.47. The van der Waals surface area contributed by atoms with Crippen LogP contribution in [0.25, 0.3) is 11.1 Å². The minimum atomic E-state index is -1.58. The highest BCUT2D eigenvalue weighted by atomic mass is 16.3. The Morgan fingerprint density at radius 3 is 1.90 bits per heavy atom. The summed E-state index contributed by atoms with van der Waals surface area (Å²) >= 11 is 0. The number of nitrogens with zero attached hydrogens (tertiary/aromatic N) is 1. The van der Waals surface area contributed by atoms with E-state index in [-0.39, 0.29) is 5.91 Å². The SMILES string of the molecule is O=C1c2ccccc2C(O)(c2ccccc2)N1c1ccccc1-c1ccccc1. The van der Waals surface area contributed by atoms with Gasteiger partial charge in [0.2, 0.25) is 0 Å².